The van der Waals surface area contributed by atoms with E-state index in [2.05, 4.69) is 25.9 Å². The molecule has 0 aliphatic rings. The Kier molecular flexibility index (Phi) is 4.31. The molecule has 1 heterocycles. The predicted octanol–water partition coefficient (Wildman–Crippen LogP) is -0.351. The second kappa shape index (κ2) is 5.74. The molecule has 5 N–H and O–H groups in total. The Balaban J connectivity index is 2.59. The fourth-order valence-electron chi connectivity index (χ4n) is 1.12. The summed E-state index contributed by atoms with van der Waals surface area (Å²) in [6.45, 7) is 2.63. The second-order valence-corrected chi connectivity index (χ2v) is 3.05. The van der Waals surface area contributed by atoms with Gasteiger partial charge < -0.3 is 21.7 Å². The highest BCUT2D eigenvalue weighted by molar-refractivity contribution is 5.80. The molecule has 0 aromatic carbocycles. The molecule has 0 spiro atoms. The number of likely N-dealkylation sites (N-methyl/N-ethyl adjacent to an activating group) is 1. The van der Waals surface area contributed by atoms with E-state index >= 15 is 0 Å². The number of hydrogen-bond acceptors (Lipinski definition) is 6. The summed E-state index contributed by atoms with van der Waals surface area (Å²) in [4.78, 5) is 19.1. The van der Waals surface area contributed by atoms with E-state index in [1.165, 1.54) is 0 Å². The number of carbonyl (C=O) groups is 1. The monoisotopic (exact) mass is 224 g/mol. The van der Waals surface area contributed by atoms with E-state index in [1.54, 1.807) is 13.1 Å². The molecule has 0 bridgehead atoms. The van der Waals surface area contributed by atoms with E-state index in [1.807, 2.05) is 6.92 Å². The van der Waals surface area contributed by atoms with E-state index < -0.39 is 0 Å². The Morgan fingerprint density at radius 2 is 2.12 bits per heavy atom. The average Bonchev–Trinajstić information content (AvgIpc) is 2.26. The van der Waals surface area contributed by atoms with Gasteiger partial charge in [0.1, 0.15) is 11.6 Å². The number of rotatable bonds is 5. The first-order chi connectivity index (χ1) is 7.65. The van der Waals surface area contributed by atoms with Gasteiger partial charge >= 0.3 is 0 Å². The zero-order chi connectivity index (χ0) is 12.0. The molecule has 16 heavy (non-hydrogen) atoms. The van der Waals surface area contributed by atoms with Crippen LogP contribution in [-0.4, -0.2) is 36.0 Å². The quantitative estimate of drug-likeness (QED) is 0.545. The summed E-state index contributed by atoms with van der Waals surface area (Å²) in [5, 5.41) is 8.38. The number of amides is 1. The summed E-state index contributed by atoms with van der Waals surface area (Å²) >= 11 is 0. The van der Waals surface area contributed by atoms with Gasteiger partial charge in [-0.25, -0.2) is 0 Å². The van der Waals surface area contributed by atoms with Crippen molar-refractivity contribution in [2.24, 2.45) is 0 Å². The minimum atomic E-state index is -0.0920. The van der Waals surface area contributed by atoms with Crippen molar-refractivity contribution in [3.63, 3.8) is 0 Å². The normalized spacial score (nSPS) is 9.62. The summed E-state index contributed by atoms with van der Waals surface area (Å²) in [7, 11) is 1.73. The Morgan fingerprint density at radius 1 is 1.44 bits per heavy atom. The Morgan fingerprint density at radius 3 is 2.75 bits per heavy atom. The van der Waals surface area contributed by atoms with E-state index in [9.17, 15) is 4.79 Å². The highest BCUT2D eigenvalue weighted by Crippen LogP contribution is 2.10. The molecule has 0 aliphatic heterocycles. The van der Waals surface area contributed by atoms with Gasteiger partial charge in [-0.3, -0.25) is 4.79 Å². The van der Waals surface area contributed by atoms with Crippen molar-refractivity contribution >= 4 is 23.5 Å². The molecule has 1 aromatic rings. The van der Waals surface area contributed by atoms with Crippen LogP contribution in [0.1, 0.15) is 6.92 Å². The topological polar surface area (TPSA) is 105 Å². The third kappa shape index (κ3) is 3.60. The molecule has 7 heteroatoms. The van der Waals surface area contributed by atoms with Gasteiger partial charge in [-0.05, 0) is 6.92 Å². The largest absolute Gasteiger partial charge is 0.373 e. The second-order valence-electron chi connectivity index (χ2n) is 3.05. The van der Waals surface area contributed by atoms with E-state index in [0.29, 0.717) is 18.2 Å². The molecule has 0 saturated heterocycles. The highest BCUT2D eigenvalue weighted by atomic mass is 16.1. The summed E-state index contributed by atoms with van der Waals surface area (Å²) in [6.07, 6.45) is 0. The van der Waals surface area contributed by atoms with Crippen LogP contribution in [0.15, 0.2) is 6.07 Å². The number of nitrogen functional groups attached to an aromatic ring is 1. The molecule has 1 aromatic heterocycles. The van der Waals surface area contributed by atoms with Crippen LogP contribution in [0.4, 0.5) is 17.6 Å². The van der Waals surface area contributed by atoms with E-state index in [0.717, 1.165) is 0 Å². The molecule has 0 fully saturated rings. The van der Waals surface area contributed by atoms with Gasteiger partial charge in [0.25, 0.3) is 0 Å². The van der Waals surface area contributed by atoms with Crippen molar-refractivity contribution in [3.8, 4) is 0 Å². The minimum Gasteiger partial charge on any atom is -0.373 e. The fraction of sp³-hybridized carbons (Fsp3) is 0.444. The van der Waals surface area contributed by atoms with Gasteiger partial charge in [-0.1, -0.05) is 0 Å². The summed E-state index contributed by atoms with van der Waals surface area (Å²) in [5.74, 6) is 1.19. The standard InChI is InChI=1S/C9H16N6O/c1-3-12-8(16)5-13-7-4-6(11-2)14-9(10)15-7/h4H,3,5H2,1-2H3,(H,12,16)(H4,10,11,13,14,15). The lowest BCUT2D eigenvalue weighted by molar-refractivity contribution is -0.119. The smallest absolute Gasteiger partial charge is 0.239 e. The molecule has 0 saturated carbocycles. The molecular formula is C9H16N6O. The van der Waals surface area contributed by atoms with Crippen LogP contribution in [0, 0.1) is 0 Å². The summed E-state index contributed by atoms with van der Waals surface area (Å²) in [5.41, 5.74) is 5.50. The minimum absolute atomic E-state index is 0.0920. The molecule has 0 radical (unpaired) electrons. The van der Waals surface area contributed by atoms with Crippen LogP contribution in [0.3, 0.4) is 0 Å². The first-order valence-electron chi connectivity index (χ1n) is 4.98. The first kappa shape index (κ1) is 12.0. The van der Waals surface area contributed by atoms with Gasteiger partial charge in [-0.15, -0.1) is 0 Å². The lowest BCUT2D eigenvalue weighted by Gasteiger charge is -2.07. The van der Waals surface area contributed by atoms with Crippen LogP contribution in [-0.2, 0) is 4.79 Å². The van der Waals surface area contributed by atoms with Crippen molar-refractivity contribution in [3.05, 3.63) is 6.07 Å². The third-order valence-corrected chi connectivity index (χ3v) is 1.80. The number of nitrogens with zero attached hydrogens (tertiary/aromatic N) is 2. The number of hydrogen-bond donors (Lipinski definition) is 4. The van der Waals surface area contributed by atoms with Crippen LogP contribution >= 0.6 is 0 Å². The highest BCUT2D eigenvalue weighted by Gasteiger charge is 2.03. The Labute approximate surface area is 93.8 Å². The van der Waals surface area contributed by atoms with Crippen LogP contribution in [0.2, 0.25) is 0 Å². The van der Waals surface area contributed by atoms with Crippen molar-refractivity contribution < 1.29 is 4.79 Å². The van der Waals surface area contributed by atoms with Gasteiger partial charge in [0, 0.05) is 19.7 Å². The molecule has 88 valence electrons. The van der Waals surface area contributed by atoms with Crippen LogP contribution < -0.4 is 21.7 Å². The maximum absolute atomic E-state index is 11.2. The van der Waals surface area contributed by atoms with E-state index in [4.69, 9.17) is 5.73 Å². The van der Waals surface area contributed by atoms with Gasteiger partial charge in [0.15, 0.2) is 0 Å². The van der Waals surface area contributed by atoms with Crippen molar-refractivity contribution in [1.29, 1.82) is 0 Å². The van der Waals surface area contributed by atoms with Gasteiger partial charge in [-0.2, -0.15) is 9.97 Å². The van der Waals surface area contributed by atoms with Crippen LogP contribution in [0.5, 0.6) is 0 Å². The van der Waals surface area contributed by atoms with Crippen molar-refractivity contribution in [2.75, 3.05) is 36.5 Å². The molecule has 1 rings (SSSR count). The zero-order valence-electron chi connectivity index (χ0n) is 9.37. The van der Waals surface area contributed by atoms with Crippen molar-refractivity contribution in [2.45, 2.75) is 6.92 Å². The number of carbonyl (C=O) groups excluding carboxylic acids is 1. The lowest BCUT2D eigenvalue weighted by atomic mass is 10.5. The third-order valence-electron chi connectivity index (χ3n) is 1.80. The molecule has 0 unspecified atom stereocenters. The molecule has 7 nitrogen and oxygen atoms in total. The molecule has 0 aliphatic carbocycles. The summed E-state index contributed by atoms with van der Waals surface area (Å²) in [6, 6.07) is 1.68. The lowest BCUT2D eigenvalue weighted by Crippen LogP contribution is -2.29. The maximum Gasteiger partial charge on any atom is 0.239 e. The molecule has 0 atom stereocenters. The Bertz CT molecular complexity index is 367. The number of nitrogens with two attached hydrogens (primary N) is 1. The maximum atomic E-state index is 11.2. The van der Waals surface area contributed by atoms with Crippen molar-refractivity contribution in [1.82, 2.24) is 15.3 Å². The number of anilines is 3. The fourth-order valence-corrected chi connectivity index (χ4v) is 1.12. The van der Waals surface area contributed by atoms with Gasteiger partial charge in [0.2, 0.25) is 11.9 Å². The van der Waals surface area contributed by atoms with Gasteiger partial charge in [0.05, 0.1) is 6.54 Å². The van der Waals surface area contributed by atoms with E-state index in [-0.39, 0.29) is 18.4 Å². The predicted molar refractivity (Wildman–Crippen MR) is 63.2 cm³/mol. The SMILES string of the molecule is CCNC(=O)CNc1cc(NC)nc(N)n1. The molecule has 1 amide bonds. The Hall–Kier alpha value is -2.05. The van der Waals surface area contributed by atoms with Crippen LogP contribution in [0.25, 0.3) is 0 Å². The zero-order valence-corrected chi connectivity index (χ0v) is 9.37. The number of nitrogens with one attached hydrogen (secondary N) is 3. The summed E-state index contributed by atoms with van der Waals surface area (Å²) < 4.78 is 0. The number of aromatic nitrogens is 2. The average molecular weight is 224 g/mol. The first-order valence-corrected chi connectivity index (χ1v) is 4.98. The molecular weight excluding hydrogens is 208 g/mol.